The molecule has 12 nitrogen and oxygen atoms in total. The summed E-state index contributed by atoms with van der Waals surface area (Å²) in [5.41, 5.74) is 11.2. The van der Waals surface area contributed by atoms with Crippen molar-refractivity contribution >= 4 is 17.7 Å². The number of hydrogen-bond donors (Lipinski definition) is 3. The Morgan fingerprint density at radius 2 is 1.93 bits per heavy atom. The highest BCUT2D eigenvalue weighted by Gasteiger charge is 2.72. The average Bonchev–Trinajstić information content (AvgIpc) is 3.66. The van der Waals surface area contributed by atoms with Crippen LogP contribution >= 0.6 is 0 Å². The number of ether oxygens (including phenoxy) is 3. The lowest BCUT2D eigenvalue weighted by Gasteiger charge is -2.37. The van der Waals surface area contributed by atoms with Crippen LogP contribution in [0.25, 0.3) is 0 Å². The number of hydrogen-bond acceptors (Lipinski definition) is 9. The summed E-state index contributed by atoms with van der Waals surface area (Å²) in [5.74, 6) is 4.05. The van der Waals surface area contributed by atoms with Crippen molar-refractivity contribution in [1.29, 1.82) is 0 Å². The Morgan fingerprint density at radius 3 is 2.58 bits per heavy atom. The fraction of sp³-hybridized carbons (Fsp3) is 0.645. The fourth-order valence-electron chi connectivity index (χ4n) is 6.08. The molecule has 3 fully saturated rings. The molecule has 0 radical (unpaired) electrons. The summed E-state index contributed by atoms with van der Waals surface area (Å²) in [4.78, 5) is 46.7. The summed E-state index contributed by atoms with van der Waals surface area (Å²) in [5, 5.41) is 12.9. The van der Waals surface area contributed by atoms with E-state index in [0.717, 1.165) is 11.1 Å². The van der Waals surface area contributed by atoms with Crippen LogP contribution in [0.3, 0.4) is 0 Å². The molecule has 43 heavy (non-hydrogen) atoms. The first-order valence-electron chi connectivity index (χ1n) is 14.8. The maximum Gasteiger partial charge on any atom is 0.252 e. The van der Waals surface area contributed by atoms with Crippen molar-refractivity contribution in [3.05, 3.63) is 35.4 Å². The van der Waals surface area contributed by atoms with Gasteiger partial charge in [-0.25, -0.2) is 0 Å². The summed E-state index contributed by atoms with van der Waals surface area (Å²) >= 11 is 0. The van der Waals surface area contributed by atoms with Gasteiger partial charge in [0.15, 0.2) is 11.9 Å². The monoisotopic (exact) mass is 600 g/mol. The first-order valence-corrected chi connectivity index (χ1v) is 14.8. The number of benzene rings is 1. The van der Waals surface area contributed by atoms with Gasteiger partial charge in [-0.05, 0) is 30.5 Å². The van der Waals surface area contributed by atoms with Gasteiger partial charge in [0.2, 0.25) is 11.8 Å². The number of amides is 3. The zero-order chi connectivity index (χ0) is 31.3. The molecule has 0 aromatic heterocycles. The molecule has 3 amide bonds. The topological polar surface area (TPSA) is 170 Å². The summed E-state index contributed by atoms with van der Waals surface area (Å²) < 4.78 is 16.5. The van der Waals surface area contributed by atoms with Gasteiger partial charge in [0.25, 0.3) is 5.91 Å². The second-order valence-electron chi connectivity index (χ2n) is 11.8. The normalized spacial score (nSPS) is 27.7. The predicted molar refractivity (Wildman–Crippen MR) is 155 cm³/mol. The third-order valence-corrected chi connectivity index (χ3v) is 8.30. The summed E-state index contributed by atoms with van der Waals surface area (Å²) in [6.07, 6.45) is -0.489. The Bertz CT molecular complexity index is 1230. The maximum atomic E-state index is 14.5. The van der Waals surface area contributed by atoms with Crippen molar-refractivity contribution in [2.24, 2.45) is 23.3 Å². The molecule has 1 unspecified atom stereocenters. The van der Waals surface area contributed by atoms with Gasteiger partial charge in [0.1, 0.15) is 12.1 Å². The Kier molecular flexibility index (Phi) is 10.8. The number of hydroxylamine groups is 2. The Labute approximate surface area is 252 Å². The Morgan fingerprint density at radius 1 is 1.19 bits per heavy atom. The summed E-state index contributed by atoms with van der Waals surface area (Å²) in [6, 6.07) is 6.53. The van der Waals surface area contributed by atoms with Crippen LogP contribution in [0, 0.1) is 23.7 Å². The van der Waals surface area contributed by atoms with E-state index in [9.17, 15) is 19.5 Å². The maximum absolute atomic E-state index is 14.5. The molecule has 5 N–H and O–H groups in total. The second kappa shape index (κ2) is 14.2. The molecule has 1 aromatic rings. The molecular formula is C31H44N4O8. The lowest BCUT2D eigenvalue weighted by Crippen LogP contribution is -2.61. The van der Waals surface area contributed by atoms with Gasteiger partial charge in [0.05, 0.1) is 31.2 Å². The van der Waals surface area contributed by atoms with Gasteiger partial charge < -0.3 is 35.7 Å². The number of methoxy groups -OCH3 is 2. The highest BCUT2D eigenvalue weighted by atomic mass is 16.7. The lowest BCUT2D eigenvalue weighted by atomic mass is 9.70. The van der Waals surface area contributed by atoms with E-state index in [1.165, 1.54) is 19.3 Å². The zero-order valence-electron chi connectivity index (χ0n) is 25.4. The van der Waals surface area contributed by atoms with Gasteiger partial charge in [-0.15, -0.1) is 0 Å². The minimum atomic E-state index is -1.62. The van der Waals surface area contributed by atoms with Crippen molar-refractivity contribution in [2.45, 2.75) is 88.7 Å². The zero-order valence-corrected chi connectivity index (χ0v) is 25.4. The highest BCUT2D eigenvalue weighted by Crippen LogP contribution is 2.53. The number of epoxide rings is 1. The first kappa shape index (κ1) is 32.9. The molecule has 1 saturated carbocycles. The van der Waals surface area contributed by atoms with Crippen LogP contribution in [-0.2, 0) is 40.0 Å². The van der Waals surface area contributed by atoms with Gasteiger partial charge in [-0.2, -0.15) is 5.06 Å². The number of unbranched alkanes of at least 4 members (excludes halogenated alkanes) is 2. The fourth-order valence-corrected chi connectivity index (χ4v) is 6.08. The molecule has 2 aliphatic heterocycles. The number of nitrogens with two attached hydrogens (primary N) is 2. The van der Waals surface area contributed by atoms with Crippen molar-refractivity contribution in [3.8, 4) is 11.8 Å². The van der Waals surface area contributed by atoms with Crippen LogP contribution in [0.15, 0.2) is 24.3 Å². The largest absolute Gasteiger partial charge is 0.390 e. The van der Waals surface area contributed by atoms with E-state index in [1.54, 1.807) is 4.90 Å². The van der Waals surface area contributed by atoms with Crippen LogP contribution in [-0.4, -0.2) is 96.3 Å². The van der Waals surface area contributed by atoms with E-state index in [2.05, 4.69) is 11.8 Å². The van der Waals surface area contributed by atoms with Crippen molar-refractivity contribution in [1.82, 2.24) is 9.96 Å². The van der Waals surface area contributed by atoms with Crippen molar-refractivity contribution in [2.75, 3.05) is 27.3 Å². The molecule has 2 saturated heterocycles. The quantitative estimate of drug-likeness (QED) is 0.120. The van der Waals surface area contributed by atoms with Crippen LogP contribution in [0.2, 0.25) is 0 Å². The summed E-state index contributed by atoms with van der Waals surface area (Å²) in [7, 11) is 2.97. The number of fused-ring (bicyclic) bond motifs is 2. The van der Waals surface area contributed by atoms with Crippen LogP contribution in [0.5, 0.6) is 0 Å². The number of aliphatic hydroxyl groups excluding tert-OH is 1. The number of aliphatic hydroxyl groups is 1. The predicted octanol–water partition coefficient (Wildman–Crippen LogP) is 0.675. The third-order valence-electron chi connectivity index (χ3n) is 8.30. The highest BCUT2D eigenvalue weighted by molar-refractivity contribution is 5.89. The molecule has 4 rings (SSSR count). The van der Waals surface area contributed by atoms with E-state index in [4.69, 9.17) is 30.5 Å². The smallest absolute Gasteiger partial charge is 0.252 e. The SMILES string of the molecule is COC(CN(CCCCCC(N)=O)C(=O)[C@@H]1[C@@H]2C(O)[C@@H]3O[C@H]3C[C@]2(C(N)=O)ON1Cc1cccc(C#CC(C)C)c1)OC. The molecule has 6 atom stereocenters. The van der Waals surface area contributed by atoms with Gasteiger partial charge >= 0.3 is 0 Å². The molecule has 12 heteroatoms. The molecule has 0 bridgehead atoms. The molecule has 2 heterocycles. The van der Waals surface area contributed by atoms with Crippen molar-refractivity contribution < 1.29 is 38.5 Å². The number of primary amides is 2. The average molecular weight is 601 g/mol. The number of carbonyl (C=O) groups excluding carboxylic acids is 3. The molecule has 1 aromatic carbocycles. The van der Waals surface area contributed by atoms with E-state index >= 15 is 0 Å². The third kappa shape index (κ3) is 7.55. The van der Waals surface area contributed by atoms with Crippen LogP contribution < -0.4 is 11.5 Å². The van der Waals surface area contributed by atoms with Crippen LogP contribution in [0.4, 0.5) is 0 Å². The Balaban J connectivity index is 1.67. The lowest BCUT2D eigenvalue weighted by molar-refractivity contribution is -0.219. The van der Waals surface area contributed by atoms with E-state index in [-0.39, 0.29) is 49.8 Å². The number of rotatable bonds is 14. The van der Waals surface area contributed by atoms with E-state index < -0.39 is 42.0 Å². The van der Waals surface area contributed by atoms with E-state index in [1.807, 2.05) is 38.1 Å². The molecule has 3 aliphatic rings. The minimum absolute atomic E-state index is 0.0984. The second-order valence-corrected chi connectivity index (χ2v) is 11.8. The Hall–Kier alpha value is -3.05. The number of nitrogens with zero attached hydrogens (tertiary/aromatic N) is 2. The van der Waals surface area contributed by atoms with Gasteiger partial charge in [0, 0.05) is 45.1 Å². The number of carbonyl (C=O) groups is 3. The summed E-state index contributed by atoms with van der Waals surface area (Å²) in [6.45, 7) is 4.59. The standard InChI is InChI=1S/C31H44N4O8/c1-19(2)12-13-20-9-8-10-21(15-20)17-35-26(25-27(37)28-22(42-28)16-31(25,43-35)30(33)39)29(38)34(18-24(40-3)41-4)14-7-5-6-11-23(32)36/h8-10,15,19,22,24-28,37H,5-7,11,14,16-18H2,1-4H3,(H2,32,36)(H2,33,39)/t22-,25+,26-,27?,28+,31-/m0/s1. The van der Waals surface area contributed by atoms with E-state index in [0.29, 0.717) is 25.8 Å². The van der Waals surface area contributed by atoms with Crippen LogP contribution in [0.1, 0.15) is 57.1 Å². The minimum Gasteiger partial charge on any atom is -0.390 e. The molecule has 1 aliphatic carbocycles. The van der Waals surface area contributed by atoms with Gasteiger partial charge in [-0.3, -0.25) is 19.2 Å². The molecule has 236 valence electrons. The first-order chi connectivity index (χ1) is 20.5. The van der Waals surface area contributed by atoms with Gasteiger partial charge in [-0.1, -0.05) is 44.2 Å². The molecule has 0 spiro atoms. The van der Waals surface area contributed by atoms with Crippen molar-refractivity contribution in [3.63, 3.8) is 0 Å². The molecular weight excluding hydrogens is 556 g/mol.